The molecule has 0 saturated carbocycles. The monoisotopic (exact) mass is 166 g/mol. The van der Waals surface area contributed by atoms with Gasteiger partial charge in [-0.05, 0) is 0 Å². The number of rotatable bonds is 0. The van der Waals surface area contributed by atoms with E-state index in [0.29, 0.717) is 0 Å². The van der Waals surface area contributed by atoms with Gasteiger partial charge in [-0.3, -0.25) is 0 Å². The first-order chi connectivity index (χ1) is 0. The molecule has 0 N–H and O–H groups in total. The summed E-state index contributed by atoms with van der Waals surface area (Å²) in [5.41, 5.74) is 0. The van der Waals surface area contributed by atoms with E-state index in [0.717, 1.165) is 0 Å². The summed E-state index contributed by atoms with van der Waals surface area (Å²) < 4.78 is 0. The van der Waals surface area contributed by atoms with Crippen LogP contribution in [0.4, 0.5) is 0 Å². The molecule has 0 heterocycles. The second kappa shape index (κ2) is 21.7. The van der Waals surface area contributed by atoms with Crippen molar-refractivity contribution in [2.75, 3.05) is 0 Å². The first-order valence-electron chi connectivity index (χ1n) is 0. The summed E-state index contributed by atoms with van der Waals surface area (Å²) in [7, 11) is 0. The second-order valence-corrected chi connectivity index (χ2v) is 0. The average Bonchev–Trinajstić information content (AvgIpc) is 0. The molecule has 20 valence electrons. The zero-order valence-electron chi connectivity index (χ0n) is 0.707. The van der Waals surface area contributed by atoms with Crippen molar-refractivity contribution >= 4 is 36.5 Å². The van der Waals surface area contributed by atoms with E-state index in [1.165, 1.54) is 0 Å². The Hall–Kier alpha value is 1.76. The van der Waals surface area contributed by atoms with Crippen LogP contribution in [-0.2, 0) is 19.5 Å². The third-order valence-corrected chi connectivity index (χ3v) is 0. The zero-order valence-corrected chi connectivity index (χ0v) is 3.67. The summed E-state index contributed by atoms with van der Waals surface area (Å²) >= 11 is 0. The molecular weight excluding hydrogens is 157 g/mol. The predicted molar refractivity (Wildman–Crippen MR) is 25.2 cm³/mol. The smallest absolute Gasteiger partial charge is 0 e. The number of hydrogen-bond acceptors (Lipinski definition) is 0. The fraction of sp³-hybridized carbons (Fsp3) is 1.00. The van der Waals surface area contributed by atoms with Gasteiger partial charge in [-0.2, -0.15) is 0 Å². The van der Waals surface area contributed by atoms with Crippen molar-refractivity contribution in [2.45, 2.75) is 7.43 Å². The van der Waals surface area contributed by atoms with E-state index >= 15 is 0 Å². The van der Waals surface area contributed by atoms with Crippen molar-refractivity contribution in [3.8, 4) is 0 Å². The van der Waals surface area contributed by atoms with E-state index in [-0.39, 0.29) is 63.4 Å². The quantitative estimate of drug-likeness (QED) is 0.385. The second-order valence-electron chi connectivity index (χ2n) is 0. The van der Waals surface area contributed by atoms with E-state index in [9.17, 15) is 0 Å². The van der Waals surface area contributed by atoms with Crippen LogP contribution in [0.15, 0.2) is 0 Å². The van der Waals surface area contributed by atoms with Crippen molar-refractivity contribution in [1.29, 1.82) is 0 Å². The summed E-state index contributed by atoms with van der Waals surface area (Å²) in [6, 6.07) is 0. The van der Waals surface area contributed by atoms with Crippen LogP contribution in [0.3, 0.4) is 0 Å². The minimum absolute atomic E-state index is 0. The van der Waals surface area contributed by atoms with Gasteiger partial charge >= 0.3 is 36.5 Å². The van der Waals surface area contributed by atoms with Gasteiger partial charge in [-0.15, -0.1) is 0 Å². The minimum Gasteiger partial charge on any atom is 0 e. The van der Waals surface area contributed by atoms with Gasteiger partial charge in [0.2, 0.25) is 0 Å². The topological polar surface area (TPSA) is 0 Å². The van der Waals surface area contributed by atoms with Crippen LogP contribution in [0, 0.1) is 0 Å². The zero-order chi connectivity index (χ0) is 0. The molecule has 0 amide bonds. The standard InChI is InChI=1S/CH4.GeH4.Li.Zn.H/h2*1H4;;;. The molecular formula is CH9GeLiZn. The Labute approximate surface area is 63.0 Å². The molecule has 0 nitrogen and oxygen atoms in total. The van der Waals surface area contributed by atoms with Crippen LogP contribution >= 0.6 is 0 Å². The molecule has 0 aromatic rings. The van der Waals surface area contributed by atoms with Gasteiger partial charge in [0.1, 0.15) is 0 Å². The third-order valence-electron chi connectivity index (χ3n) is 0. The summed E-state index contributed by atoms with van der Waals surface area (Å²) in [4.78, 5) is 0. The Balaban J connectivity index is 0. The van der Waals surface area contributed by atoms with Gasteiger partial charge < -0.3 is 0 Å². The van der Waals surface area contributed by atoms with Crippen LogP contribution in [-0.4, -0.2) is 36.5 Å². The maximum absolute atomic E-state index is 0. The SMILES string of the molecule is C.[GeH4].[LiH].[Zn]. The summed E-state index contributed by atoms with van der Waals surface area (Å²) in [5.74, 6) is 0. The van der Waals surface area contributed by atoms with Crippen molar-refractivity contribution < 1.29 is 19.5 Å². The first kappa shape index (κ1) is 42.0. The van der Waals surface area contributed by atoms with E-state index in [1.54, 1.807) is 0 Å². The van der Waals surface area contributed by atoms with Crippen LogP contribution in [0.25, 0.3) is 0 Å². The van der Waals surface area contributed by atoms with Gasteiger partial charge in [0, 0.05) is 19.5 Å². The molecule has 0 aliphatic carbocycles. The minimum atomic E-state index is 0. The molecule has 0 aromatic carbocycles. The molecule has 0 aliphatic heterocycles. The van der Waals surface area contributed by atoms with Crippen LogP contribution < -0.4 is 0 Å². The largest absolute Gasteiger partial charge is 0 e. The Morgan fingerprint density at radius 1 is 1.00 bits per heavy atom. The average molecular weight is 166 g/mol. The molecule has 4 heavy (non-hydrogen) atoms. The fourth-order valence-corrected chi connectivity index (χ4v) is 0. The molecule has 0 radical (unpaired) electrons. The Morgan fingerprint density at radius 3 is 1.00 bits per heavy atom. The van der Waals surface area contributed by atoms with Crippen molar-refractivity contribution in [3.05, 3.63) is 0 Å². The Kier molecular flexibility index (Phi) is 228. The molecule has 0 rings (SSSR count). The van der Waals surface area contributed by atoms with Crippen LogP contribution in [0.1, 0.15) is 7.43 Å². The molecule has 0 atom stereocenters. The summed E-state index contributed by atoms with van der Waals surface area (Å²) in [5, 5.41) is 0. The van der Waals surface area contributed by atoms with E-state index in [2.05, 4.69) is 0 Å². The summed E-state index contributed by atoms with van der Waals surface area (Å²) in [6.45, 7) is 0. The fourth-order valence-electron chi connectivity index (χ4n) is 0. The van der Waals surface area contributed by atoms with E-state index in [4.69, 9.17) is 0 Å². The Morgan fingerprint density at radius 2 is 1.00 bits per heavy atom. The first-order valence-corrected chi connectivity index (χ1v) is 0. The van der Waals surface area contributed by atoms with Crippen molar-refractivity contribution in [3.63, 3.8) is 0 Å². The Bertz CT molecular complexity index is 8.00. The molecule has 0 unspecified atom stereocenters. The van der Waals surface area contributed by atoms with Gasteiger partial charge in [-0.1, -0.05) is 7.43 Å². The molecule has 0 bridgehead atoms. The molecule has 0 fully saturated rings. The molecule has 0 aromatic heterocycles. The van der Waals surface area contributed by atoms with Gasteiger partial charge in [-0.25, -0.2) is 0 Å². The molecule has 0 spiro atoms. The third kappa shape index (κ3) is 9.24. The van der Waals surface area contributed by atoms with E-state index < -0.39 is 0 Å². The van der Waals surface area contributed by atoms with Crippen LogP contribution in [0.5, 0.6) is 0 Å². The molecule has 3 heteroatoms. The molecule has 0 saturated heterocycles. The predicted octanol–water partition coefficient (Wildman–Crippen LogP) is -1.47. The maximum Gasteiger partial charge on any atom is 0 e. The van der Waals surface area contributed by atoms with Crippen LogP contribution in [0.2, 0.25) is 0 Å². The van der Waals surface area contributed by atoms with Crippen molar-refractivity contribution in [1.82, 2.24) is 0 Å². The van der Waals surface area contributed by atoms with Gasteiger partial charge in [0.25, 0.3) is 0 Å². The number of hydrogen-bond donors (Lipinski definition) is 0. The molecule has 0 aliphatic rings. The van der Waals surface area contributed by atoms with E-state index in [1.807, 2.05) is 0 Å². The maximum atomic E-state index is 0. The van der Waals surface area contributed by atoms with Gasteiger partial charge in [0.05, 0.1) is 0 Å². The normalized spacial score (nSPS) is 0. The summed E-state index contributed by atoms with van der Waals surface area (Å²) in [6.07, 6.45) is 0. The van der Waals surface area contributed by atoms with Crippen molar-refractivity contribution in [2.24, 2.45) is 0 Å². The van der Waals surface area contributed by atoms with Gasteiger partial charge in [0.15, 0.2) is 0 Å².